The van der Waals surface area contributed by atoms with Crippen LogP contribution in [0.3, 0.4) is 0 Å². The van der Waals surface area contributed by atoms with Crippen LogP contribution in [0.15, 0.2) is 18.3 Å². The lowest BCUT2D eigenvalue weighted by Crippen LogP contribution is -2.47. The van der Waals surface area contributed by atoms with Gasteiger partial charge in [-0.3, -0.25) is 0 Å². The summed E-state index contributed by atoms with van der Waals surface area (Å²) in [5.41, 5.74) is -0.774. The second kappa shape index (κ2) is 5.66. The van der Waals surface area contributed by atoms with Gasteiger partial charge in [-0.05, 0) is 12.1 Å². The molecule has 1 saturated heterocycles. The molecule has 0 aromatic carbocycles. The zero-order chi connectivity index (χ0) is 14.8. The first-order valence-corrected chi connectivity index (χ1v) is 5.89. The van der Waals surface area contributed by atoms with E-state index < -0.39 is 23.8 Å². The van der Waals surface area contributed by atoms with Crippen molar-refractivity contribution < 1.29 is 27.4 Å². The van der Waals surface area contributed by atoms with Crippen LogP contribution in [0.4, 0.5) is 19.0 Å². The highest BCUT2D eigenvalue weighted by molar-refractivity contribution is 5.75. The predicted octanol–water partition coefficient (Wildman–Crippen LogP) is 1.48. The van der Waals surface area contributed by atoms with Crippen LogP contribution in [-0.4, -0.2) is 43.9 Å². The summed E-state index contributed by atoms with van der Waals surface area (Å²) in [5.74, 6) is -0.390. The Morgan fingerprint density at radius 1 is 1.55 bits per heavy atom. The van der Waals surface area contributed by atoms with Gasteiger partial charge in [0.2, 0.25) is 0 Å². The average molecular weight is 290 g/mol. The lowest BCUT2D eigenvalue weighted by atomic mass is 10.2. The van der Waals surface area contributed by atoms with Crippen LogP contribution in [0.5, 0.6) is 0 Å². The molecule has 0 radical (unpaired) electrons. The van der Waals surface area contributed by atoms with E-state index in [1.54, 1.807) is 4.90 Å². The highest BCUT2D eigenvalue weighted by Gasteiger charge is 2.33. The van der Waals surface area contributed by atoms with E-state index >= 15 is 0 Å². The Balaban J connectivity index is 2.17. The number of carbonyl (C=O) groups excluding carboxylic acids is 1. The largest absolute Gasteiger partial charge is 0.467 e. The third kappa shape index (κ3) is 3.19. The Kier molecular flexibility index (Phi) is 4.12. The van der Waals surface area contributed by atoms with E-state index in [1.807, 2.05) is 0 Å². The molecule has 0 bridgehead atoms. The highest BCUT2D eigenvalue weighted by atomic mass is 19.4. The molecular weight excluding hydrogens is 277 g/mol. The predicted molar refractivity (Wildman–Crippen MR) is 63.2 cm³/mol. The molecule has 1 aliphatic rings. The van der Waals surface area contributed by atoms with Gasteiger partial charge in [0.1, 0.15) is 5.82 Å². The summed E-state index contributed by atoms with van der Waals surface area (Å²) in [6.07, 6.45) is -4.14. The number of pyridine rings is 1. The van der Waals surface area contributed by atoms with Crippen molar-refractivity contribution in [3.05, 3.63) is 23.9 Å². The SMILES string of the molecule is COC(=O)C1CN(c2cc(C(F)(F)F)ccn2)CCO1. The van der Waals surface area contributed by atoms with E-state index in [0.29, 0.717) is 6.54 Å². The fourth-order valence-corrected chi connectivity index (χ4v) is 1.90. The monoisotopic (exact) mass is 290 g/mol. The van der Waals surface area contributed by atoms with E-state index in [1.165, 1.54) is 7.11 Å². The molecule has 0 spiro atoms. The lowest BCUT2D eigenvalue weighted by molar-refractivity contribution is -0.154. The van der Waals surface area contributed by atoms with Gasteiger partial charge in [-0.2, -0.15) is 13.2 Å². The van der Waals surface area contributed by atoms with E-state index in [9.17, 15) is 18.0 Å². The molecule has 110 valence electrons. The maximum atomic E-state index is 12.6. The van der Waals surface area contributed by atoms with Gasteiger partial charge >= 0.3 is 12.1 Å². The van der Waals surface area contributed by atoms with Gasteiger partial charge in [0.25, 0.3) is 0 Å². The number of methoxy groups -OCH3 is 1. The number of hydrogen-bond donors (Lipinski definition) is 0. The zero-order valence-electron chi connectivity index (χ0n) is 10.7. The smallest absolute Gasteiger partial charge is 0.416 e. The Bertz CT molecular complexity index is 493. The highest BCUT2D eigenvalue weighted by Crippen LogP contribution is 2.31. The molecule has 8 heteroatoms. The van der Waals surface area contributed by atoms with Crippen molar-refractivity contribution in [1.82, 2.24) is 4.98 Å². The number of anilines is 1. The van der Waals surface area contributed by atoms with Crippen LogP contribution in [-0.2, 0) is 20.4 Å². The molecule has 1 aromatic heterocycles. The van der Waals surface area contributed by atoms with E-state index in [-0.39, 0.29) is 19.0 Å². The van der Waals surface area contributed by atoms with Crippen LogP contribution in [0.25, 0.3) is 0 Å². The number of rotatable bonds is 2. The number of esters is 1. The lowest BCUT2D eigenvalue weighted by Gasteiger charge is -2.32. The number of hydrogen-bond acceptors (Lipinski definition) is 5. The van der Waals surface area contributed by atoms with Crippen LogP contribution in [0, 0.1) is 0 Å². The van der Waals surface area contributed by atoms with Gasteiger partial charge in [-0.15, -0.1) is 0 Å². The van der Waals surface area contributed by atoms with Crippen molar-refractivity contribution in [3.63, 3.8) is 0 Å². The van der Waals surface area contributed by atoms with Gasteiger partial charge < -0.3 is 14.4 Å². The number of aromatic nitrogens is 1. The minimum atomic E-state index is -4.42. The number of halogens is 3. The van der Waals surface area contributed by atoms with Crippen molar-refractivity contribution in [2.24, 2.45) is 0 Å². The Labute approximate surface area is 113 Å². The average Bonchev–Trinajstić information content (AvgIpc) is 2.46. The minimum Gasteiger partial charge on any atom is -0.467 e. The first kappa shape index (κ1) is 14.6. The fourth-order valence-electron chi connectivity index (χ4n) is 1.90. The maximum absolute atomic E-state index is 12.6. The van der Waals surface area contributed by atoms with E-state index in [2.05, 4.69) is 9.72 Å². The summed E-state index contributed by atoms with van der Waals surface area (Å²) >= 11 is 0. The molecule has 0 aliphatic carbocycles. The molecule has 20 heavy (non-hydrogen) atoms. The van der Waals surface area contributed by atoms with Crippen molar-refractivity contribution in [1.29, 1.82) is 0 Å². The third-order valence-corrected chi connectivity index (χ3v) is 2.93. The molecule has 2 heterocycles. The molecular formula is C12H13F3N2O3. The van der Waals surface area contributed by atoms with Crippen molar-refractivity contribution >= 4 is 11.8 Å². The number of morpholine rings is 1. The Morgan fingerprint density at radius 2 is 2.30 bits per heavy atom. The second-order valence-corrected chi connectivity index (χ2v) is 4.23. The van der Waals surface area contributed by atoms with Gasteiger partial charge in [0.15, 0.2) is 6.10 Å². The van der Waals surface area contributed by atoms with Gasteiger partial charge in [0.05, 0.1) is 25.8 Å². The Morgan fingerprint density at radius 3 is 2.95 bits per heavy atom. The number of nitrogens with zero attached hydrogens (tertiary/aromatic N) is 2. The first-order valence-electron chi connectivity index (χ1n) is 5.89. The zero-order valence-corrected chi connectivity index (χ0v) is 10.7. The molecule has 1 unspecified atom stereocenters. The third-order valence-electron chi connectivity index (χ3n) is 2.93. The van der Waals surface area contributed by atoms with Gasteiger partial charge in [-0.25, -0.2) is 9.78 Å². The molecule has 0 N–H and O–H groups in total. The topological polar surface area (TPSA) is 51.7 Å². The van der Waals surface area contributed by atoms with Crippen molar-refractivity contribution in [2.75, 3.05) is 31.7 Å². The first-order chi connectivity index (χ1) is 9.41. The Hall–Kier alpha value is -1.83. The van der Waals surface area contributed by atoms with Crippen LogP contribution in [0.2, 0.25) is 0 Å². The number of alkyl halides is 3. The van der Waals surface area contributed by atoms with Crippen LogP contribution in [0.1, 0.15) is 5.56 Å². The summed E-state index contributed by atoms with van der Waals surface area (Å²) in [6, 6.07) is 1.86. The van der Waals surface area contributed by atoms with Crippen LogP contribution >= 0.6 is 0 Å². The van der Waals surface area contributed by atoms with E-state index in [4.69, 9.17) is 4.74 Å². The molecule has 1 aliphatic heterocycles. The molecule has 0 amide bonds. The molecule has 1 atom stereocenters. The summed E-state index contributed by atoms with van der Waals surface area (Å²) in [5, 5.41) is 0. The number of ether oxygens (including phenoxy) is 2. The summed E-state index contributed by atoms with van der Waals surface area (Å²) < 4.78 is 47.7. The second-order valence-electron chi connectivity index (χ2n) is 4.23. The van der Waals surface area contributed by atoms with E-state index in [0.717, 1.165) is 18.3 Å². The van der Waals surface area contributed by atoms with Crippen LogP contribution < -0.4 is 4.90 Å². The summed E-state index contributed by atoms with van der Waals surface area (Å²) in [6.45, 7) is 0.695. The fraction of sp³-hybridized carbons (Fsp3) is 0.500. The number of carbonyl (C=O) groups is 1. The van der Waals surface area contributed by atoms with Crippen molar-refractivity contribution in [2.45, 2.75) is 12.3 Å². The molecule has 1 fully saturated rings. The standard InChI is InChI=1S/C12H13F3N2O3/c1-19-11(18)9-7-17(4-5-20-9)10-6-8(2-3-16-10)12(13,14)15/h2-3,6,9H,4-5,7H2,1H3. The summed E-state index contributed by atoms with van der Waals surface area (Å²) in [7, 11) is 1.23. The quantitative estimate of drug-likeness (QED) is 0.772. The van der Waals surface area contributed by atoms with Gasteiger partial charge in [-0.1, -0.05) is 0 Å². The summed E-state index contributed by atoms with van der Waals surface area (Å²) in [4.78, 5) is 16.9. The maximum Gasteiger partial charge on any atom is 0.416 e. The normalized spacial score (nSPS) is 19.8. The minimum absolute atomic E-state index is 0.112. The molecule has 5 nitrogen and oxygen atoms in total. The van der Waals surface area contributed by atoms with Gasteiger partial charge in [0, 0.05) is 12.7 Å². The molecule has 0 saturated carbocycles. The molecule has 1 aromatic rings. The molecule has 2 rings (SSSR count). The van der Waals surface area contributed by atoms with Crippen molar-refractivity contribution in [3.8, 4) is 0 Å².